The van der Waals surface area contributed by atoms with Crippen molar-refractivity contribution in [2.24, 2.45) is 5.92 Å². The first-order valence-corrected chi connectivity index (χ1v) is 9.58. The van der Waals surface area contributed by atoms with Crippen molar-refractivity contribution in [1.82, 2.24) is 15.2 Å². The first kappa shape index (κ1) is 19.9. The lowest BCUT2D eigenvalue weighted by atomic mass is 9.97. The fraction of sp³-hybridized carbons (Fsp3) is 0.429. The Bertz CT molecular complexity index is 903. The second-order valence-corrected chi connectivity index (χ2v) is 7.24. The van der Waals surface area contributed by atoms with Crippen LogP contribution >= 0.6 is 0 Å². The molecule has 150 valence electrons. The van der Waals surface area contributed by atoms with Gasteiger partial charge in [0.15, 0.2) is 0 Å². The SMILES string of the molecule is CCOC(=O)NC(C(=O)N1CC=C(c2c[nH]c3cc(F)ccc23)CC1)C(C)C. The molecule has 0 aliphatic carbocycles. The summed E-state index contributed by atoms with van der Waals surface area (Å²) in [5.74, 6) is -0.436. The molecule has 0 saturated heterocycles. The van der Waals surface area contributed by atoms with Gasteiger partial charge in [0.2, 0.25) is 5.91 Å². The summed E-state index contributed by atoms with van der Waals surface area (Å²) in [7, 11) is 0. The molecular weight excluding hydrogens is 361 g/mol. The lowest BCUT2D eigenvalue weighted by Gasteiger charge is -2.31. The summed E-state index contributed by atoms with van der Waals surface area (Å²) in [5.41, 5.74) is 2.92. The van der Waals surface area contributed by atoms with Crippen molar-refractivity contribution in [3.05, 3.63) is 41.9 Å². The van der Waals surface area contributed by atoms with Crippen molar-refractivity contribution in [3.63, 3.8) is 0 Å². The zero-order valence-corrected chi connectivity index (χ0v) is 16.4. The highest BCUT2D eigenvalue weighted by atomic mass is 19.1. The van der Waals surface area contributed by atoms with E-state index in [1.165, 1.54) is 12.1 Å². The molecule has 0 spiro atoms. The van der Waals surface area contributed by atoms with Gasteiger partial charge >= 0.3 is 6.09 Å². The van der Waals surface area contributed by atoms with E-state index in [0.717, 1.165) is 22.0 Å². The van der Waals surface area contributed by atoms with Gasteiger partial charge in [0.1, 0.15) is 11.9 Å². The number of H-pyrrole nitrogens is 1. The van der Waals surface area contributed by atoms with Gasteiger partial charge in [-0.25, -0.2) is 9.18 Å². The largest absolute Gasteiger partial charge is 0.450 e. The molecule has 0 fully saturated rings. The fourth-order valence-corrected chi connectivity index (χ4v) is 3.49. The van der Waals surface area contributed by atoms with Gasteiger partial charge in [-0.05, 0) is 43.0 Å². The van der Waals surface area contributed by atoms with E-state index in [0.29, 0.717) is 19.5 Å². The van der Waals surface area contributed by atoms with E-state index in [1.54, 1.807) is 17.9 Å². The molecule has 7 heteroatoms. The molecule has 28 heavy (non-hydrogen) atoms. The molecule has 2 aromatic rings. The number of benzene rings is 1. The van der Waals surface area contributed by atoms with Crippen molar-refractivity contribution < 1.29 is 18.7 Å². The van der Waals surface area contributed by atoms with Crippen molar-refractivity contribution in [2.45, 2.75) is 33.2 Å². The lowest BCUT2D eigenvalue weighted by Crippen LogP contribution is -2.52. The number of hydrogen-bond donors (Lipinski definition) is 2. The van der Waals surface area contributed by atoms with Crippen LogP contribution in [0, 0.1) is 11.7 Å². The summed E-state index contributed by atoms with van der Waals surface area (Å²) >= 11 is 0. The van der Waals surface area contributed by atoms with Crippen LogP contribution in [0.2, 0.25) is 0 Å². The molecule has 0 saturated carbocycles. The predicted octanol–water partition coefficient (Wildman–Crippen LogP) is 3.69. The summed E-state index contributed by atoms with van der Waals surface area (Å²) in [5, 5.41) is 3.64. The molecule has 2 N–H and O–H groups in total. The minimum absolute atomic E-state index is 0.0502. The van der Waals surface area contributed by atoms with E-state index in [-0.39, 0.29) is 24.2 Å². The molecule has 1 unspecified atom stereocenters. The Morgan fingerprint density at radius 2 is 2.14 bits per heavy atom. The molecule has 0 bridgehead atoms. The number of nitrogens with one attached hydrogen (secondary N) is 2. The molecule has 0 radical (unpaired) electrons. The zero-order chi connectivity index (χ0) is 20.3. The number of nitrogens with zero attached hydrogens (tertiary/aromatic N) is 1. The van der Waals surface area contributed by atoms with Crippen molar-refractivity contribution in [1.29, 1.82) is 0 Å². The van der Waals surface area contributed by atoms with E-state index in [4.69, 9.17) is 4.74 Å². The topological polar surface area (TPSA) is 74.4 Å². The maximum atomic E-state index is 13.4. The molecule has 3 rings (SSSR count). The Balaban J connectivity index is 1.72. The number of aromatic amines is 1. The Labute approximate surface area is 163 Å². The van der Waals surface area contributed by atoms with Crippen LogP contribution < -0.4 is 5.32 Å². The lowest BCUT2D eigenvalue weighted by molar-refractivity contribution is -0.134. The normalized spacial score (nSPS) is 15.5. The molecular formula is C21H26FN3O3. The Hall–Kier alpha value is -2.83. The minimum Gasteiger partial charge on any atom is -0.450 e. The number of carbonyl (C=O) groups is 2. The monoisotopic (exact) mass is 387 g/mol. The summed E-state index contributed by atoms with van der Waals surface area (Å²) in [4.78, 5) is 29.5. The number of amides is 2. The molecule has 1 aromatic heterocycles. The molecule has 2 heterocycles. The number of hydrogen-bond acceptors (Lipinski definition) is 3. The third kappa shape index (κ3) is 4.18. The highest BCUT2D eigenvalue weighted by Gasteiger charge is 2.30. The molecule has 1 aliphatic heterocycles. The average molecular weight is 387 g/mol. The quantitative estimate of drug-likeness (QED) is 0.822. The van der Waals surface area contributed by atoms with Crippen LogP contribution in [-0.4, -0.2) is 47.6 Å². The smallest absolute Gasteiger partial charge is 0.407 e. The van der Waals surface area contributed by atoms with E-state index < -0.39 is 12.1 Å². The van der Waals surface area contributed by atoms with Crippen LogP contribution in [-0.2, 0) is 9.53 Å². The molecule has 1 atom stereocenters. The summed E-state index contributed by atoms with van der Waals surface area (Å²) in [6.07, 6.45) is 4.02. The number of alkyl carbamates (subject to hydrolysis) is 1. The Morgan fingerprint density at radius 3 is 2.79 bits per heavy atom. The number of rotatable bonds is 5. The van der Waals surface area contributed by atoms with Crippen molar-refractivity contribution >= 4 is 28.5 Å². The number of halogens is 1. The average Bonchev–Trinajstić information content (AvgIpc) is 3.08. The van der Waals surface area contributed by atoms with Gasteiger partial charge in [-0.15, -0.1) is 0 Å². The zero-order valence-electron chi connectivity index (χ0n) is 16.4. The van der Waals surface area contributed by atoms with Gasteiger partial charge in [0.25, 0.3) is 0 Å². The van der Waals surface area contributed by atoms with E-state index >= 15 is 0 Å². The Morgan fingerprint density at radius 1 is 1.36 bits per heavy atom. The highest BCUT2D eigenvalue weighted by Crippen LogP contribution is 2.30. The predicted molar refractivity (Wildman–Crippen MR) is 106 cm³/mol. The fourth-order valence-electron chi connectivity index (χ4n) is 3.49. The first-order valence-electron chi connectivity index (χ1n) is 9.58. The van der Waals surface area contributed by atoms with Crippen molar-refractivity contribution in [2.75, 3.05) is 19.7 Å². The minimum atomic E-state index is -0.620. The number of ether oxygens (including phenoxy) is 1. The van der Waals surface area contributed by atoms with Crippen LogP contribution in [0.25, 0.3) is 16.5 Å². The van der Waals surface area contributed by atoms with Crippen LogP contribution in [0.1, 0.15) is 32.8 Å². The highest BCUT2D eigenvalue weighted by molar-refractivity contribution is 5.93. The van der Waals surface area contributed by atoms with Gasteiger partial charge in [-0.3, -0.25) is 4.79 Å². The maximum Gasteiger partial charge on any atom is 0.407 e. The molecule has 2 amide bonds. The van der Waals surface area contributed by atoms with E-state index in [2.05, 4.69) is 10.3 Å². The first-order chi connectivity index (χ1) is 13.4. The number of aromatic nitrogens is 1. The van der Waals surface area contributed by atoms with E-state index in [9.17, 15) is 14.0 Å². The van der Waals surface area contributed by atoms with Gasteiger partial charge in [0.05, 0.1) is 6.61 Å². The van der Waals surface area contributed by atoms with Crippen molar-refractivity contribution in [3.8, 4) is 0 Å². The Kier molecular flexibility index (Phi) is 6.02. The van der Waals surface area contributed by atoms with Gasteiger partial charge < -0.3 is 19.9 Å². The third-order valence-electron chi connectivity index (χ3n) is 4.99. The summed E-state index contributed by atoms with van der Waals surface area (Å²) < 4.78 is 18.3. The van der Waals surface area contributed by atoms with E-state index in [1.807, 2.05) is 26.1 Å². The molecule has 6 nitrogen and oxygen atoms in total. The van der Waals surface area contributed by atoms with Gasteiger partial charge in [-0.2, -0.15) is 0 Å². The molecule has 1 aliphatic rings. The maximum absolute atomic E-state index is 13.4. The molecule has 1 aromatic carbocycles. The van der Waals surface area contributed by atoms with Gasteiger partial charge in [0, 0.05) is 35.8 Å². The summed E-state index contributed by atoms with van der Waals surface area (Å²) in [6.45, 7) is 6.80. The van der Waals surface area contributed by atoms with Crippen LogP contribution in [0.15, 0.2) is 30.5 Å². The second kappa shape index (κ2) is 8.46. The van der Waals surface area contributed by atoms with Crippen LogP contribution in [0.4, 0.5) is 9.18 Å². The van der Waals surface area contributed by atoms with Gasteiger partial charge in [-0.1, -0.05) is 19.9 Å². The number of carbonyl (C=O) groups excluding carboxylic acids is 2. The second-order valence-electron chi connectivity index (χ2n) is 7.24. The standard InChI is InChI=1S/C21H26FN3O3/c1-4-28-21(27)24-19(13(2)3)20(26)25-9-7-14(8-10-25)17-12-23-18-11-15(22)5-6-16(17)18/h5-7,11-13,19,23H,4,8-10H2,1-3H3,(H,24,27). The van der Waals surface area contributed by atoms with Crippen LogP contribution in [0.5, 0.6) is 0 Å². The third-order valence-corrected chi connectivity index (χ3v) is 4.99. The number of fused-ring (bicyclic) bond motifs is 1. The van der Waals surface area contributed by atoms with Crippen LogP contribution in [0.3, 0.4) is 0 Å². The summed E-state index contributed by atoms with van der Waals surface area (Å²) in [6, 6.07) is 4.08.